The molecule has 0 aliphatic carbocycles. The van der Waals surface area contributed by atoms with Crippen molar-refractivity contribution in [2.75, 3.05) is 11.4 Å². The smallest absolute Gasteiger partial charge is 0.243 e. The van der Waals surface area contributed by atoms with Crippen LogP contribution in [0.25, 0.3) is 0 Å². The fourth-order valence-electron chi connectivity index (χ4n) is 2.57. The summed E-state index contributed by atoms with van der Waals surface area (Å²) in [5.74, 6) is 0.634. The van der Waals surface area contributed by atoms with E-state index in [1.807, 2.05) is 11.8 Å². The highest BCUT2D eigenvalue weighted by atomic mass is 16.2. The molecule has 1 unspecified atom stereocenters. The van der Waals surface area contributed by atoms with Gasteiger partial charge in [-0.2, -0.15) is 5.10 Å². The van der Waals surface area contributed by atoms with Crippen LogP contribution in [0.2, 0.25) is 0 Å². The molecule has 110 valence electrons. The van der Waals surface area contributed by atoms with Crippen LogP contribution in [0.3, 0.4) is 0 Å². The van der Waals surface area contributed by atoms with Gasteiger partial charge in [-0.15, -0.1) is 0 Å². The molecule has 1 aliphatic heterocycles. The van der Waals surface area contributed by atoms with E-state index in [1.165, 1.54) is 0 Å². The number of H-pyrrole nitrogens is 1. The minimum absolute atomic E-state index is 0.0144. The lowest BCUT2D eigenvalue weighted by Gasteiger charge is -2.23. The summed E-state index contributed by atoms with van der Waals surface area (Å²) in [6.45, 7) is 3.24. The van der Waals surface area contributed by atoms with E-state index >= 15 is 0 Å². The van der Waals surface area contributed by atoms with Gasteiger partial charge in [-0.25, -0.2) is 9.97 Å². The van der Waals surface area contributed by atoms with Gasteiger partial charge in [0.25, 0.3) is 0 Å². The molecule has 1 saturated heterocycles. The van der Waals surface area contributed by atoms with Gasteiger partial charge in [-0.05, 0) is 25.8 Å². The normalized spacial score (nSPS) is 18.0. The summed E-state index contributed by atoms with van der Waals surface area (Å²) >= 11 is 0. The third kappa shape index (κ3) is 2.86. The second-order valence-corrected chi connectivity index (χ2v) is 5.14. The first-order chi connectivity index (χ1) is 10.3. The van der Waals surface area contributed by atoms with E-state index in [0.29, 0.717) is 12.5 Å². The molecular weight excluding hydrogens is 268 g/mol. The molecule has 2 aromatic rings. The average Bonchev–Trinajstić information content (AvgIpc) is 3.15. The summed E-state index contributed by atoms with van der Waals surface area (Å²) < 4.78 is 0. The van der Waals surface area contributed by atoms with Gasteiger partial charge in [0.1, 0.15) is 6.04 Å². The molecule has 1 fully saturated rings. The van der Waals surface area contributed by atoms with Gasteiger partial charge in [-0.3, -0.25) is 9.89 Å². The number of aromatic nitrogens is 4. The van der Waals surface area contributed by atoms with E-state index in [9.17, 15) is 4.79 Å². The molecule has 7 nitrogen and oxygen atoms in total. The number of nitrogens with one attached hydrogen (secondary N) is 2. The zero-order valence-corrected chi connectivity index (χ0v) is 11.9. The number of carbonyl (C=O) groups is 1. The van der Waals surface area contributed by atoms with E-state index < -0.39 is 0 Å². The minimum Gasteiger partial charge on any atom is -0.350 e. The Hall–Kier alpha value is -2.44. The van der Waals surface area contributed by atoms with E-state index in [-0.39, 0.29) is 11.9 Å². The molecule has 3 rings (SSSR count). The molecule has 21 heavy (non-hydrogen) atoms. The van der Waals surface area contributed by atoms with Gasteiger partial charge in [0, 0.05) is 36.7 Å². The van der Waals surface area contributed by atoms with Crippen LogP contribution in [0, 0.1) is 6.92 Å². The summed E-state index contributed by atoms with van der Waals surface area (Å²) in [7, 11) is 0. The van der Waals surface area contributed by atoms with Crippen molar-refractivity contribution in [1.82, 2.24) is 25.5 Å². The Kier molecular flexibility index (Phi) is 3.81. The third-order valence-corrected chi connectivity index (χ3v) is 3.75. The van der Waals surface area contributed by atoms with Crippen molar-refractivity contribution in [2.45, 2.75) is 32.4 Å². The number of amides is 1. The fraction of sp³-hybridized carbons (Fsp3) is 0.429. The van der Waals surface area contributed by atoms with Crippen LogP contribution < -0.4 is 10.2 Å². The zero-order valence-electron chi connectivity index (χ0n) is 11.9. The molecule has 0 spiro atoms. The number of aromatic amines is 1. The van der Waals surface area contributed by atoms with Crippen molar-refractivity contribution in [2.24, 2.45) is 0 Å². The summed E-state index contributed by atoms with van der Waals surface area (Å²) in [6.07, 6.45) is 6.94. The van der Waals surface area contributed by atoms with Crippen LogP contribution >= 0.6 is 0 Å². The number of hydrogen-bond acceptors (Lipinski definition) is 5. The van der Waals surface area contributed by atoms with Crippen LogP contribution in [-0.4, -0.2) is 38.7 Å². The van der Waals surface area contributed by atoms with Crippen molar-refractivity contribution < 1.29 is 4.79 Å². The Morgan fingerprint density at radius 3 is 3.00 bits per heavy atom. The van der Waals surface area contributed by atoms with Gasteiger partial charge >= 0.3 is 0 Å². The average molecular weight is 286 g/mol. The first kappa shape index (κ1) is 13.5. The topological polar surface area (TPSA) is 86.8 Å². The van der Waals surface area contributed by atoms with Gasteiger partial charge < -0.3 is 10.2 Å². The Labute approximate surface area is 122 Å². The fourth-order valence-corrected chi connectivity index (χ4v) is 2.57. The summed E-state index contributed by atoms with van der Waals surface area (Å²) in [6, 6.07) is 1.58. The Balaban J connectivity index is 1.65. The SMILES string of the molecule is Cc1[nH]ncc1CNC(=O)C1CCCN1c1ncccn1. The lowest BCUT2D eigenvalue weighted by molar-refractivity contribution is -0.122. The van der Waals surface area contributed by atoms with Crippen molar-refractivity contribution in [3.8, 4) is 0 Å². The first-order valence-corrected chi connectivity index (χ1v) is 7.06. The molecule has 0 radical (unpaired) electrons. The van der Waals surface area contributed by atoms with Crippen molar-refractivity contribution in [1.29, 1.82) is 0 Å². The van der Waals surface area contributed by atoms with Crippen molar-refractivity contribution in [3.63, 3.8) is 0 Å². The van der Waals surface area contributed by atoms with Gasteiger partial charge in [-0.1, -0.05) is 0 Å². The molecule has 2 aromatic heterocycles. The van der Waals surface area contributed by atoms with Gasteiger partial charge in [0.15, 0.2) is 0 Å². The van der Waals surface area contributed by atoms with E-state index in [1.54, 1.807) is 24.7 Å². The minimum atomic E-state index is -0.195. The molecule has 0 saturated carbocycles. The lowest BCUT2D eigenvalue weighted by Crippen LogP contribution is -2.43. The van der Waals surface area contributed by atoms with E-state index in [2.05, 4.69) is 25.5 Å². The molecule has 1 atom stereocenters. The molecule has 2 N–H and O–H groups in total. The van der Waals surface area contributed by atoms with Crippen molar-refractivity contribution >= 4 is 11.9 Å². The summed E-state index contributed by atoms with van der Waals surface area (Å²) in [5, 5.41) is 9.79. The number of carbonyl (C=O) groups excluding carboxylic acids is 1. The van der Waals surface area contributed by atoms with Crippen molar-refractivity contribution in [3.05, 3.63) is 35.9 Å². The molecule has 3 heterocycles. The van der Waals surface area contributed by atoms with Gasteiger partial charge in [0.05, 0.1) is 6.20 Å². The second kappa shape index (κ2) is 5.90. The zero-order chi connectivity index (χ0) is 14.7. The molecule has 7 heteroatoms. The first-order valence-electron chi connectivity index (χ1n) is 7.06. The predicted octanol–water partition coefficient (Wildman–Crippen LogP) is 0.793. The molecule has 1 amide bonds. The molecular formula is C14H18N6O. The number of aryl methyl sites for hydroxylation is 1. The van der Waals surface area contributed by atoms with Crippen LogP contribution in [0.1, 0.15) is 24.1 Å². The highest BCUT2D eigenvalue weighted by molar-refractivity contribution is 5.85. The number of nitrogens with zero attached hydrogens (tertiary/aromatic N) is 4. The predicted molar refractivity (Wildman–Crippen MR) is 77.6 cm³/mol. The molecule has 1 aliphatic rings. The van der Waals surface area contributed by atoms with Crippen LogP contribution in [0.4, 0.5) is 5.95 Å². The maximum Gasteiger partial charge on any atom is 0.243 e. The lowest BCUT2D eigenvalue weighted by atomic mass is 10.2. The molecule has 0 bridgehead atoms. The number of rotatable bonds is 4. The monoisotopic (exact) mass is 286 g/mol. The number of anilines is 1. The molecule has 0 aromatic carbocycles. The summed E-state index contributed by atoms with van der Waals surface area (Å²) in [4.78, 5) is 22.8. The van der Waals surface area contributed by atoms with Gasteiger partial charge in [0.2, 0.25) is 11.9 Å². The standard InChI is InChI=1S/C14H18N6O/c1-10-11(9-18-19-10)8-17-13(21)12-4-2-7-20(12)14-15-5-3-6-16-14/h3,5-6,9,12H,2,4,7-8H2,1H3,(H,17,21)(H,18,19). The Morgan fingerprint density at radius 1 is 1.48 bits per heavy atom. The summed E-state index contributed by atoms with van der Waals surface area (Å²) in [5.41, 5.74) is 1.98. The van der Waals surface area contributed by atoms with Crippen LogP contribution in [0.5, 0.6) is 0 Å². The maximum absolute atomic E-state index is 12.4. The quantitative estimate of drug-likeness (QED) is 0.868. The maximum atomic E-state index is 12.4. The van der Waals surface area contributed by atoms with Crippen LogP contribution in [0.15, 0.2) is 24.7 Å². The Bertz CT molecular complexity index is 611. The second-order valence-electron chi connectivity index (χ2n) is 5.14. The number of hydrogen-bond donors (Lipinski definition) is 2. The third-order valence-electron chi connectivity index (χ3n) is 3.75. The largest absolute Gasteiger partial charge is 0.350 e. The van der Waals surface area contributed by atoms with E-state index in [4.69, 9.17) is 0 Å². The van der Waals surface area contributed by atoms with E-state index in [0.717, 1.165) is 30.6 Å². The van der Waals surface area contributed by atoms with Crippen LogP contribution in [-0.2, 0) is 11.3 Å². The highest BCUT2D eigenvalue weighted by Gasteiger charge is 2.32. The Morgan fingerprint density at radius 2 is 2.29 bits per heavy atom. The highest BCUT2D eigenvalue weighted by Crippen LogP contribution is 2.22.